The largest absolute Gasteiger partial charge is 0.496 e. The van der Waals surface area contributed by atoms with Crippen LogP contribution in [0.25, 0.3) is 17.4 Å². The number of nitro groups is 1. The van der Waals surface area contributed by atoms with Gasteiger partial charge in [-0.2, -0.15) is 4.39 Å². The maximum atomic E-state index is 13.9. The molecule has 0 spiro atoms. The van der Waals surface area contributed by atoms with Gasteiger partial charge in [0.2, 0.25) is 5.82 Å². The van der Waals surface area contributed by atoms with E-state index in [0.717, 1.165) is 23.5 Å². The molecule has 0 N–H and O–H groups in total. The van der Waals surface area contributed by atoms with E-state index in [9.17, 15) is 24.1 Å². The van der Waals surface area contributed by atoms with Gasteiger partial charge in [0.25, 0.3) is 5.56 Å². The SMILES string of the molecule is CCCC1=C(C(=O)OCC)[C@H](c2ccccc2OC)n2c(s/c(=C\c3ccc(-c4ccc(F)c([N+](=O)[O-])c4)o3)c2=O)=N1. The average Bonchev–Trinajstić information content (AvgIpc) is 3.57. The van der Waals surface area contributed by atoms with E-state index < -0.39 is 34.0 Å². The van der Waals surface area contributed by atoms with Gasteiger partial charge in [-0.05, 0) is 43.7 Å². The van der Waals surface area contributed by atoms with Crippen LogP contribution in [0.3, 0.4) is 0 Å². The number of nitrogens with zero attached hydrogens (tertiary/aromatic N) is 3. The fraction of sp³-hybridized carbons (Fsp3) is 0.233. The number of halogens is 1. The number of carbonyl (C=O) groups is 1. The summed E-state index contributed by atoms with van der Waals surface area (Å²) < 4.78 is 32.5. The van der Waals surface area contributed by atoms with E-state index in [0.29, 0.717) is 50.5 Å². The highest BCUT2D eigenvalue weighted by atomic mass is 32.1. The zero-order valence-corrected chi connectivity index (χ0v) is 23.8. The number of carbonyl (C=O) groups excluding carboxylic acids is 1. The van der Waals surface area contributed by atoms with Gasteiger partial charge in [0.15, 0.2) is 4.80 Å². The minimum atomic E-state index is -0.953. The van der Waals surface area contributed by atoms with Crippen LogP contribution in [0, 0.1) is 15.9 Å². The van der Waals surface area contributed by atoms with Gasteiger partial charge in [0.1, 0.15) is 23.3 Å². The highest BCUT2D eigenvalue weighted by Crippen LogP contribution is 2.37. The van der Waals surface area contributed by atoms with Crippen LogP contribution in [-0.2, 0) is 9.53 Å². The first kappa shape index (κ1) is 28.7. The Bertz CT molecular complexity index is 1900. The highest BCUT2D eigenvalue weighted by molar-refractivity contribution is 7.07. The van der Waals surface area contributed by atoms with Crippen molar-refractivity contribution in [3.8, 4) is 17.1 Å². The van der Waals surface area contributed by atoms with E-state index in [1.54, 1.807) is 43.3 Å². The Kier molecular flexibility index (Phi) is 8.16. The number of thiazole rings is 1. The minimum absolute atomic E-state index is 0.156. The molecule has 10 nitrogen and oxygen atoms in total. The number of rotatable bonds is 9. The van der Waals surface area contributed by atoms with Crippen molar-refractivity contribution in [1.82, 2.24) is 4.57 Å². The molecule has 12 heteroatoms. The summed E-state index contributed by atoms with van der Waals surface area (Å²) in [6.45, 7) is 3.85. The molecule has 1 atom stereocenters. The lowest BCUT2D eigenvalue weighted by Crippen LogP contribution is -2.40. The Morgan fingerprint density at radius 3 is 2.71 bits per heavy atom. The lowest BCUT2D eigenvalue weighted by Gasteiger charge is -2.26. The number of hydrogen-bond donors (Lipinski definition) is 0. The Balaban J connectivity index is 1.67. The summed E-state index contributed by atoms with van der Waals surface area (Å²) in [5, 5.41) is 11.2. The Hall–Kier alpha value is -4.84. The van der Waals surface area contributed by atoms with Crippen molar-refractivity contribution in [3.05, 3.63) is 113 Å². The number of allylic oxidation sites excluding steroid dienone is 1. The van der Waals surface area contributed by atoms with E-state index in [2.05, 4.69) is 0 Å². The third-order valence-corrected chi connectivity index (χ3v) is 7.64. The predicted molar refractivity (Wildman–Crippen MR) is 153 cm³/mol. The lowest BCUT2D eigenvalue weighted by atomic mass is 9.93. The molecule has 4 aromatic rings. The molecule has 216 valence electrons. The van der Waals surface area contributed by atoms with E-state index >= 15 is 0 Å². The van der Waals surface area contributed by atoms with Crippen LogP contribution in [0.2, 0.25) is 0 Å². The molecule has 0 saturated carbocycles. The molecule has 0 unspecified atom stereocenters. The van der Waals surface area contributed by atoms with Crippen LogP contribution in [0.15, 0.2) is 80.1 Å². The van der Waals surface area contributed by atoms with Crippen LogP contribution in [0.4, 0.5) is 10.1 Å². The third kappa shape index (κ3) is 5.28. The van der Waals surface area contributed by atoms with Crippen molar-refractivity contribution in [1.29, 1.82) is 0 Å². The predicted octanol–water partition coefficient (Wildman–Crippen LogP) is 4.89. The molecule has 42 heavy (non-hydrogen) atoms. The van der Waals surface area contributed by atoms with Gasteiger partial charge in [0, 0.05) is 23.3 Å². The van der Waals surface area contributed by atoms with Crippen LogP contribution < -0.4 is 19.6 Å². The van der Waals surface area contributed by atoms with Gasteiger partial charge in [-0.25, -0.2) is 9.79 Å². The summed E-state index contributed by atoms with van der Waals surface area (Å²) in [5.41, 5.74) is 0.664. The van der Waals surface area contributed by atoms with E-state index in [1.165, 1.54) is 23.8 Å². The van der Waals surface area contributed by atoms with Gasteiger partial charge >= 0.3 is 11.7 Å². The second kappa shape index (κ2) is 12.0. The highest BCUT2D eigenvalue weighted by Gasteiger charge is 2.35. The molecular weight excluding hydrogens is 565 g/mol. The van der Waals surface area contributed by atoms with Crippen molar-refractivity contribution < 1.29 is 28.0 Å². The van der Waals surface area contributed by atoms with Gasteiger partial charge in [-0.1, -0.05) is 42.9 Å². The smallest absolute Gasteiger partial charge is 0.338 e. The molecule has 0 amide bonds. The second-order valence-electron chi connectivity index (χ2n) is 9.28. The molecule has 0 saturated heterocycles. The summed E-state index contributed by atoms with van der Waals surface area (Å²) in [7, 11) is 1.52. The molecule has 0 aliphatic carbocycles. The summed E-state index contributed by atoms with van der Waals surface area (Å²) in [4.78, 5) is 42.8. The molecule has 0 bridgehead atoms. The summed E-state index contributed by atoms with van der Waals surface area (Å²) in [6.07, 6.45) is 2.75. The standard InChI is InChI=1S/C30H26FN3O7S/c1-4-8-21-26(29(36)40-5-2)27(19-9-6-7-10-24(19)39-3)33-28(35)25(42-30(33)32-21)16-18-12-14-23(41-18)17-11-13-20(31)22(15-17)34(37)38/h6-7,9-16,27H,4-5,8H2,1-3H3/b25-16-/t27-/m0/s1. The third-order valence-electron chi connectivity index (χ3n) is 6.65. The number of aromatic nitrogens is 1. The first-order chi connectivity index (χ1) is 20.3. The average molecular weight is 592 g/mol. The van der Waals surface area contributed by atoms with Crippen molar-refractivity contribution in [2.24, 2.45) is 4.99 Å². The lowest BCUT2D eigenvalue weighted by molar-refractivity contribution is -0.387. The normalized spacial score (nSPS) is 14.9. The van der Waals surface area contributed by atoms with Gasteiger partial charge in [0.05, 0.1) is 34.4 Å². The summed E-state index contributed by atoms with van der Waals surface area (Å²) in [5.74, 6) is -0.446. The molecule has 2 aromatic carbocycles. The number of methoxy groups -OCH3 is 1. The molecule has 2 aromatic heterocycles. The number of nitro benzene ring substituents is 1. The van der Waals surface area contributed by atoms with Crippen LogP contribution in [-0.4, -0.2) is 29.2 Å². The Morgan fingerprint density at radius 2 is 2.00 bits per heavy atom. The molecule has 0 radical (unpaired) electrons. The number of furan rings is 1. The summed E-state index contributed by atoms with van der Waals surface area (Å²) in [6, 6.07) is 13.0. The number of benzene rings is 2. The molecular formula is C30H26FN3O7S. The van der Waals surface area contributed by atoms with Crippen LogP contribution >= 0.6 is 11.3 Å². The van der Waals surface area contributed by atoms with Crippen molar-refractivity contribution in [2.75, 3.05) is 13.7 Å². The van der Waals surface area contributed by atoms with E-state index in [-0.39, 0.29) is 17.9 Å². The maximum Gasteiger partial charge on any atom is 0.338 e. The fourth-order valence-corrected chi connectivity index (χ4v) is 5.83. The topological polar surface area (TPSA) is 126 Å². The molecule has 3 heterocycles. The zero-order valence-electron chi connectivity index (χ0n) is 23.0. The number of para-hydroxylation sites is 1. The monoisotopic (exact) mass is 591 g/mol. The summed E-state index contributed by atoms with van der Waals surface area (Å²) >= 11 is 1.14. The van der Waals surface area contributed by atoms with E-state index in [4.69, 9.17) is 18.9 Å². The number of esters is 1. The zero-order chi connectivity index (χ0) is 30.0. The fourth-order valence-electron chi connectivity index (χ4n) is 4.83. The van der Waals surface area contributed by atoms with E-state index in [1.807, 2.05) is 6.92 Å². The maximum absolute atomic E-state index is 13.9. The first-order valence-corrected chi connectivity index (χ1v) is 14.0. The molecule has 1 aliphatic heterocycles. The molecule has 5 rings (SSSR count). The first-order valence-electron chi connectivity index (χ1n) is 13.2. The molecule has 0 fully saturated rings. The number of hydrogen-bond acceptors (Lipinski definition) is 9. The Morgan fingerprint density at radius 1 is 1.21 bits per heavy atom. The van der Waals surface area contributed by atoms with Crippen molar-refractivity contribution >= 4 is 29.1 Å². The number of ether oxygens (including phenoxy) is 2. The van der Waals surface area contributed by atoms with Gasteiger partial charge in [-0.15, -0.1) is 0 Å². The quantitative estimate of drug-likeness (QED) is 0.154. The van der Waals surface area contributed by atoms with Crippen LogP contribution in [0.5, 0.6) is 5.75 Å². The van der Waals surface area contributed by atoms with Crippen LogP contribution in [0.1, 0.15) is 44.1 Å². The van der Waals surface area contributed by atoms with Crippen molar-refractivity contribution in [2.45, 2.75) is 32.7 Å². The van der Waals surface area contributed by atoms with Gasteiger partial charge in [-0.3, -0.25) is 19.5 Å². The number of fused-ring (bicyclic) bond motifs is 1. The second-order valence-corrected chi connectivity index (χ2v) is 10.3. The minimum Gasteiger partial charge on any atom is -0.496 e. The Labute approximate surface area is 242 Å². The van der Waals surface area contributed by atoms with Crippen molar-refractivity contribution in [3.63, 3.8) is 0 Å². The van der Waals surface area contributed by atoms with Gasteiger partial charge < -0.3 is 13.9 Å². The molecule has 1 aliphatic rings.